The average molecular weight is 222 g/mol. The molecule has 5 heteroatoms. The average Bonchev–Trinajstić information content (AvgIpc) is 1.90. The molecule has 4 radical (unpaired) electrons. The van der Waals surface area contributed by atoms with Gasteiger partial charge in [0, 0.05) is 37.2 Å². The molecule has 0 aromatic carbocycles. The van der Waals surface area contributed by atoms with Gasteiger partial charge < -0.3 is 15.3 Å². The first-order valence-corrected chi connectivity index (χ1v) is 3.40. The van der Waals surface area contributed by atoms with Crippen molar-refractivity contribution >= 4 is 17.6 Å². The summed E-state index contributed by atoms with van der Waals surface area (Å²) in [7, 11) is 0. The summed E-state index contributed by atoms with van der Waals surface area (Å²) in [6, 6.07) is 0. The molecule has 0 saturated carbocycles. The zero-order valence-electron chi connectivity index (χ0n) is 6.53. The van der Waals surface area contributed by atoms with Crippen molar-refractivity contribution in [2.24, 2.45) is 0 Å². The normalized spacial score (nSPS) is 9.82. The number of aliphatic hydroxyl groups excluding tert-OH is 3. The van der Waals surface area contributed by atoms with E-state index < -0.39 is 0 Å². The monoisotopic (exact) mass is 223 g/mol. The molecule has 11 heavy (non-hydrogen) atoms. The molecule has 0 aliphatic rings. The van der Waals surface area contributed by atoms with E-state index in [0.29, 0.717) is 19.6 Å². The molecule has 0 aliphatic carbocycles. The third-order valence-electron chi connectivity index (χ3n) is 1.25. The molecule has 4 nitrogen and oxygen atoms in total. The van der Waals surface area contributed by atoms with Gasteiger partial charge in [-0.05, 0) is 0 Å². The van der Waals surface area contributed by atoms with Crippen LogP contribution in [0.3, 0.4) is 0 Å². The molecule has 0 unspecified atom stereocenters. The van der Waals surface area contributed by atoms with Crippen LogP contribution in [0.2, 0.25) is 0 Å². The van der Waals surface area contributed by atoms with Crippen LogP contribution < -0.4 is 0 Å². The van der Waals surface area contributed by atoms with Crippen molar-refractivity contribution < 1.29 is 15.3 Å². The van der Waals surface area contributed by atoms with Gasteiger partial charge in [-0.15, -0.1) is 0 Å². The van der Waals surface area contributed by atoms with Crippen LogP contribution in [0.1, 0.15) is 0 Å². The summed E-state index contributed by atoms with van der Waals surface area (Å²) < 4.78 is 0. The number of hydrogen-bond donors (Lipinski definition) is 3. The third-order valence-corrected chi connectivity index (χ3v) is 1.25. The zero-order valence-corrected chi connectivity index (χ0v) is 8.63. The topological polar surface area (TPSA) is 63.9 Å². The minimum absolute atomic E-state index is 0. The molecule has 0 spiro atoms. The molecule has 0 aliphatic heterocycles. The van der Waals surface area contributed by atoms with Crippen molar-refractivity contribution in [3.05, 3.63) is 0 Å². The predicted molar refractivity (Wildman–Crippen MR) is 43.5 cm³/mol. The van der Waals surface area contributed by atoms with E-state index >= 15 is 0 Å². The molecule has 0 amide bonds. The second-order valence-electron chi connectivity index (χ2n) is 2.01. The van der Waals surface area contributed by atoms with Gasteiger partial charge in [0.2, 0.25) is 0 Å². The van der Waals surface area contributed by atoms with Gasteiger partial charge in [0.25, 0.3) is 0 Å². The maximum Gasteiger partial charge on any atom is 0.0558 e. The van der Waals surface area contributed by atoms with E-state index in [1.165, 1.54) is 0 Å². The Balaban J connectivity index is 0. The van der Waals surface area contributed by atoms with Gasteiger partial charge in [-0.3, -0.25) is 4.90 Å². The number of aliphatic hydroxyl groups is 3. The Bertz CT molecular complexity index is 60.6. The number of rotatable bonds is 6. The molecule has 0 saturated heterocycles. The standard InChI is InChI=1S/C6H15NO3.Ge/c8-4-1-7(2-5-9)3-6-10;/h8-10H,1-6H2;. The fourth-order valence-electron chi connectivity index (χ4n) is 0.760. The van der Waals surface area contributed by atoms with Crippen molar-refractivity contribution in [3.63, 3.8) is 0 Å². The molecule has 0 bridgehead atoms. The van der Waals surface area contributed by atoms with Crippen LogP contribution in [0.15, 0.2) is 0 Å². The van der Waals surface area contributed by atoms with Gasteiger partial charge in [-0.1, -0.05) is 0 Å². The Morgan fingerprint density at radius 1 is 0.727 bits per heavy atom. The molecule has 66 valence electrons. The van der Waals surface area contributed by atoms with E-state index in [2.05, 4.69) is 0 Å². The van der Waals surface area contributed by atoms with Crippen LogP contribution in [0.5, 0.6) is 0 Å². The summed E-state index contributed by atoms with van der Waals surface area (Å²) in [6.07, 6.45) is 0. The molecule has 3 N–H and O–H groups in total. The fourth-order valence-corrected chi connectivity index (χ4v) is 0.760. The van der Waals surface area contributed by atoms with Crippen LogP contribution in [0, 0.1) is 0 Å². The van der Waals surface area contributed by atoms with Gasteiger partial charge in [-0.25, -0.2) is 0 Å². The molecular weight excluding hydrogens is 207 g/mol. The van der Waals surface area contributed by atoms with E-state index in [9.17, 15) is 0 Å². The summed E-state index contributed by atoms with van der Waals surface area (Å²) >= 11 is 0. The van der Waals surface area contributed by atoms with Crippen LogP contribution in [0.4, 0.5) is 0 Å². The number of nitrogens with zero attached hydrogens (tertiary/aromatic N) is 1. The second-order valence-corrected chi connectivity index (χ2v) is 2.01. The van der Waals surface area contributed by atoms with Crippen molar-refractivity contribution in [1.29, 1.82) is 0 Å². The largest absolute Gasteiger partial charge is 0.395 e. The van der Waals surface area contributed by atoms with Crippen LogP contribution >= 0.6 is 0 Å². The Hall–Kier alpha value is 0.383. The van der Waals surface area contributed by atoms with Crippen molar-refractivity contribution in [2.75, 3.05) is 39.5 Å². The van der Waals surface area contributed by atoms with Gasteiger partial charge in [0.05, 0.1) is 19.8 Å². The van der Waals surface area contributed by atoms with Crippen molar-refractivity contribution in [1.82, 2.24) is 4.90 Å². The van der Waals surface area contributed by atoms with Crippen molar-refractivity contribution in [2.45, 2.75) is 0 Å². The summed E-state index contributed by atoms with van der Waals surface area (Å²) in [5, 5.41) is 25.5. The summed E-state index contributed by atoms with van der Waals surface area (Å²) in [6.45, 7) is 1.75. The fraction of sp³-hybridized carbons (Fsp3) is 1.00. The minimum Gasteiger partial charge on any atom is -0.395 e. The molecule has 0 aromatic heterocycles. The van der Waals surface area contributed by atoms with E-state index in [1.54, 1.807) is 4.90 Å². The van der Waals surface area contributed by atoms with E-state index in [1.807, 2.05) is 0 Å². The SMILES string of the molecule is OCCN(CCO)CCO.[Ge]. The zero-order chi connectivity index (χ0) is 7.82. The van der Waals surface area contributed by atoms with Gasteiger partial charge in [-0.2, -0.15) is 0 Å². The molecule has 0 fully saturated rings. The first-order valence-electron chi connectivity index (χ1n) is 3.40. The molecular formula is C6H15GeNO3. The van der Waals surface area contributed by atoms with Gasteiger partial charge in [0.1, 0.15) is 0 Å². The predicted octanol–water partition coefficient (Wildman–Crippen LogP) is -2.12. The van der Waals surface area contributed by atoms with E-state index in [4.69, 9.17) is 15.3 Å². The molecule has 0 aromatic rings. The minimum atomic E-state index is 0. The van der Waals surface area contributed by atoms with Crippen LogP contribution in [0.25, 0.3) is 0 Å². The van der Waals surface area contributed by atoms with Gasteiger partial charge >= 0.3 is 0 Å². The number of hydrogen-bond acceptors (Lipinski definition) is 4. The molecule has 0 rings (SSSR count). The van der Waals surface area contributed by atoms with Gasteiger partial charge in [0.15, 0.2) is 0 Å². The van der Waals surface area contributed by atoms with Crippen LogP contribution in [-0.4, -0.2) is 77.3 Å². The first kappa shape index (κ1) is 13.9. The second kappa shape index (κ2) is 10.4. The Morgan fingerprint density at radius 3 is 1.18 bits per heavy atom. The first-order chi connectivity index (χ1) is 4.85. The Morgan fingerprint density at radius 2 is 1.00 bits per heavy atom. The maximum absolute atomic E-state index is 8.48. The molecule has 0 atom stereocenters. The van der Waals surface area contributed by atoms with Crippen LogP contribution in [-0.2, 0) is 0 Å². The van der Waals surface area contributed by atoms with E-state index in [-0.39, 0.29) is 37.4 Å². The Labute approximate surface area is 77.8 Å². The molecule has 0 heterocycles. The summed E-state index contributed by atoms with van der Waals surface area (Å²) in [5.41, 5.74) is 0. The quantitative estimate of drug-likeness (QED) is 0.449. The maximum atomic E-state index is 8.48. The summed E-state index contributed by atoms with van der Waals surface area (Å²) in [4.78, 5) is 1.79. The Kier molecular flexibility index (Phi) is 13.2. The van der Waals surface area contributed by atoms with E-state index in [0.717, 1.165) is 0 Å². The smallest absolute Gasteiger partial charge is 0.0558 e. The summed E-state index contributed by atoms with van der Waals surface area (Å²) in [5.74, 6) is 0. The third kappa shape index (κ3) is 8.29. The van der Waals surface area contributed by atoms with Crippen molar-refractivity contribution in [3.8, 4) is 0 Å².